The Morgan fingerprint density at radius 1 is 1.10 bits per heavy atom. The third-order valence-electron chi connectivity index (χ3n) is 4.14. The maximum atomic E-state index is 11.9. The number of hydrogen-bond acceptors (Lipinski definition) is 9. The maximum Gasteiger partial charge on any atom is 0.318 e. The molecule has 2 aromatic heterocycles. The largest absolute Gasteiger partial charge is 0.497 e. The maximum absolute atomic E-state index is 11.9. The smallest absolute Gasteiger partial charge is 0.318 e. The molecule has 0 aliphatic heterocycles. The molecule has 30 heavy (non-hydrogen) atoms. The van der Waals surface area contributed by atoms with E-state index in [2.05, 4.69) is 20.2 Å². The lowest BCUT2D eigenvalue weighted by Crippen LogP contribution is -2.15. The summed E-state index contributed by atoms with van der Waals surface area (Å²) >= 11 is 2.79. The van der Waals surface area contributed by atoms with E-state index in [0.29, 0.717) is 16.1 Å². The standard InChI is InChI=1S/C20H23N5O3S2/c1-12-10-13(2)22-19(21-12)29-11-17-23-24-20(30-14(3)18(26)28-5)25(17)15-6-8-16(27-4)9-7-15/h6-10,14H,11H2,1-5H3/t14-/m1/s1. The molecule has 158 valence electrons. The summed E-state index contributed by atoms with van der Waals surface area (Å²) < 4.78 is 12.0. The molecule has 0 N–H and O–H groups in total. The molecular weight excluding hydrogens is 422 g/mol. The van der Waals surface area contributed by atoms with Crippen LogP contribution in [0.15, 0.2) is 40.6 Å². The molecule has 0 saturated heterocycles. The average Bonchev–Trinajstić information content (AvgIpc) is 3.13. The molecule has 3 aromatic rings. The van der Waals surface area contributed by atoms with Gasteiger partial charge in [0.05, 0.1) is 20.0 Å². The minimum Gasteiger partial charge on any atom is -0.497 e. The zero-order valence-corrected chi connectivity index (χ0v) is 19.1. The number of thioether (sulfide) groups is 2. The van der Waals surface area contributed by atoms with E-state index in [1.165, 1.54) is 30.6 Å². The first kappa shape index (κ1) is 22.1. The fourth-order valence-corrected chi connectivity index (χ4v) is 4.50. The Hall–Kier alpha value is -2.59. The normalized spacial score (nSPS) is 11.9. The van der Waals surface area contributed by atoms with Gasteiger partial charge >= 0.3 is 5.97 Å². The van der Waals surface area contributed by atoms with Gasteiger partial charge < -0.3 is 9.47 Å². The number of aryl methyl sites for hydroxylation is 2. The fraction of sp³-hybridized carbons (Fsp3) is 0.350. The van der Waals surface area contributed by atoms with Crippen molar-refractivity contribution in [3.63, 3.8) is 0 Å². The van der Waals surface area contributed by atoms with E-state index in [9.17, 15) is 4.79 Å². The van der Waals surface area contributed by atoms with Crippen molar-refractivity contribution in [3.8, 4) is 11.4 Å². The average molecular weight is 446 g/mol. The van der Waals surface area contributed by atoms with Gasteiger partial charge in [-0.2, -0.15) is 0 Å². The molecular formula is C20H23N5O3S2. The molecule has 0 spiro atoms. The van der Waals surface area contributed by atoms with E-state index in [0.717, 1.165) is 28.6 Å². The van der Waals surface area contributed by atoms with Crippen LogP contribution in [0.3, 0.4) is 0 Å². The monoisotopic (exact) mass is 445 g/mol. The van der Waals surface area contributed by atoms with Crippen LogP contribution in [0.1, 0.15) is 24.1 Å². The predicted octanol–water partition coefficient (Wildman–Crippen LogP) is 3.63. The molecule has 1 atom stereocenters. The first-order valence-corrected chi connectivity index (χ1v) is 11.1. The zero-order valence-electron chi connectivity index (χ0n) is 17.4. The van der Waals surface area contributed by atoms with Crippen LogP contribution in [-0.2, 0) is 15.3 Å². The summed E-state index contributed by atoms with van der Waals surface area (Å²) in [4.78, 5) is 20.8. The first-order chi connectivity index (χ1) is 14.4. The van der Waals surface area contributed by atoms with Crippen molar-refractivity contribution in [2.24, 2.45) is 0 Å². The molecule has 0 aliphatic rings. The van der Waals surface area contributed by atoms with Crippen LogP contribution in [0.5, 0.6) is 5.75 Å². The number of aromatic nitrogens is 5. The Balaban J connectivity index is 1.92. The number of nitrogens with zero attached hydrogens (tertiary/aromatic N) is 5. The number of carbonyl (C=O) groups is 1. The number of hydrogen-bond donors (Lipinski definition) is 0. The summed E-state index contributed by atoms with van der Waals surface area (Å²) in [5.74, 6) is 1.69. The minimum atomic E-state index is -0.417. The molecule has 3 rings (SSSR count). The molecule has 10 heteroatoms. The van der Waals surface area contributed by atoms with Crippen LogP contribution in [-0.4, -0.2) is 50.2 Å². The third-order valence-corrected chi connectivity index (χ3v) is 6.00. The zero-order chi connectivity index (χ0) is 21.7. The molecule has 0 radical (unpaired) electrons. The number of rotatable bonds is 8. The van der Waals surface area contributed by atoms with Crippen molar-refractivity contribution in [3.05, 3.63) is 47.5 Å². The van der Waals surface area contributed by atoms with E-state index < -0.39 is 5.25 Å². The molecule has 0 saturated carbocycles. The van der Waals surface area contributed by atoms with E-state index in [1.54, 1.807) is 14.0 Å². The SMILES string of the molecule is COC(=O)[C@@H](C)Sc1nnc(CSc2nc(C)cc(C)n2)n1-c1ccc(OC)cc1. The topological polar surface area (TPSA) is 92.0 Å². The Kier molecular flexibility index (Phi) is 7.33. The van der Waals surface area contributed by atoms with Gasteiger partial charge in [-0.1, -0.05) is 23.5 Å². The molecule has 8 nitrogen and oxygen atoms in total. The summed E-state index contributed by atoms with van der Waals surface area (Å²) in [6.45, 7) is 5.67. The third kappa shape index (κ3) is 5.31. The highest BCUT2D eigenvalue weighted by atomic mass is 32.2. The van der Waals surface area contributed by atoms with Gasteiger partial charge in [0.2, 0.25) is 0 Å². The predicted molar refractivity (Wildman–Crippen MR) is 116 cm³/mol. The van der Waals surface area contributed by atoms with Crippen molar-refractivity contribution in [1.82, 2.24) is 24.7 Å². The van der Waals surface area contributed by atoms with Gasteiger partial charge in [-0.05, 0) is 51.1 Å². The molecule has 0 aliphatic carbocycles. The lowest BCUT2D eigenvalue weighted by atomic mass is 10.3. The molecule has 0 unspecified atom stereocenters. The fourth-order valence-electron chi connectivity index (χ4n) is 2.72. The van der Waals surface area contributed by atoms with Crippen LogP contribution in [0.4, 0.5) is 0 Å². The van der Waals surface area contributed by atoms with Crippen LogP contribution in [0, 0.1) is 13.8 Å². The van der Waals surface area contributed by atoms with Crippen LogP contribution in [0.25, 0.3) is 5.69 Å². The van der Waals surface area contributed by atoms with Crippen molar-refractivity contribution in [2.75, 3.05) is 14.2 Å². The van der Waals surface area contributed by atoms with E-state index in [1.807, 2.05) is 48.7 Å². The highest BCUT2D eigenvalue weighted by molar-refractivity contribution is 8.00. The van der Waals surface area contributed by atoms with Crippen LogP contribution < -0.4 is 4.74 Å². The van der Waals surface area contributed by atoms with Gasteiger partial charge in [0.1, 0.15) is 16.8 Å². The minimum absolute atomic E-state index is 0.316. The van der Waals surface area contributed by atoms with Crippen molar-refractivity contribution in [1.29, 1.82) is 0 Å². The number of ether oxygens (including phenoxy) is 2. The van der Waals surface area contributed by atoms with E-state index >= 15 is 0 Å². The number of benzene rings is 1. The number of esters is 1. The lowest BCUT2D eigenvalue weighted by molar-refractivity contribution is -0.139. The van der Waals surface area contributed by atoms with Gasteiger partial charge in [0, 0.05) is 17.1 Å². The lowest BCUT2D eigenvalue weighted by Gasteiger charge is -2.13. The van der Waals surface area contributed by atoms with Gasteiger partial charge in [0.25, 0.3) is 0 Å². The molecule has 2 heterocycles. The van der Waals surface area contributed by atoms with Crippen LogP contribution in [0.2, 0.25) is 0 Å². The summed E-state index contributed by atoms with van der Waals surface area (Å²) in [5, 5.41) is 9.57. The second kappa shape index (κ2) is 9.94. The van der Waals surface area contributed by atoms with E-state index in [4.69, 9.17) is 9.47 Å². The second-order valence-electron chi connectivity index (χ2n) is 6.44. The van der Waals surface area contributed by atoms with E-state index in [-0.39, 0.29) is 5.97 Å². The Morgan fingerprint density at radius 3 is 2.37 bits per heavy atom. The summed E-state index contributed by atoms with van der Waals surface area (Å²) in [5.41, 5.74) is 2.71. The molecule has 0 bridgehead atoms. The summed E-state index contributed by atoms with van der Waals surface area (Å²) in [6.07, 6.45) is 0. The van der Waals surface area contributed by atoms with Gasteiger partial charge in [-0.3, -0.25) is 9.36 Å². The highest BCUT2D eigenvalue weighted by Gasteiger charge is 2.22. The van der Waals surface area contributed by atoms with Crippen molar-refractivity contribution in [2.45, 2.75) is 42.1 Å². The Bertz CT molecular complexity index is 1000. The second-order valence-corrected chi connectivity index (χ2v) is 8.69. The highest BCUT2D eigenvalue weighted by Crippen LogP contribution is 2.29. The van der Waals surface area contributed by atoms with Crippen LogP contribution >= 0.6 is 23.5 Å². The Morgan fingerprint density at radius 2 is 1.77 bits per heavy atom. The summed E-state index contributed by atoms with van der Waals surface area (Å²) in [7, 11) is 3.00. The molecule has 1 aromatic carbocycles. The quantitative estimate of drug-likeness (QED) is 0.293. The molecule has 0 fully saturated rings. The number of carbonyl (C=O) groups excluding carboxylic acids is 1. The Labute approximate surface area is 183 Å². The van der Waals surface area contributed by atoms with Crippen molar-refractivity contribution >= 4 is 29.5 Å². The van der Waals surface area contributed by atoms with Gasteiger partial charge in [-0.15, -0.1) is 10.2 Å². The first-order valence-electron chi connectivity index (χ1n) is 9.19. The van der Waals surface area contributed by atoms with Gasteiger partial charge in [-0.25, -0.2) is 9.97 Å². The molecule has 0 amide bonds. The summed E-state index contributed by atoms with van der Waals surface area (Å²) in [6, 6.07) is 9.54. The van der Waals surface area contributed by atoms with Gasteiger partial charge in [0.15, 0.2) is 10.3 Å². The number of methoxy groups -OCH3 is 2. The van der Waals surface area contributed by atoms with Crippen molar-refractivity contribution < 1.29 is 14.3 Å².